The molecule has 1 amide bonds. The van der Waals surface area contributed by atoms with Crippen LogP contribution < -0.4 is 9.88 Å². The highest BCUT2D eigenvalue weighted by molar-refractivity contribution is 7.91. The number of aromatic nitrogens is 2. The smallest absolute Gasteiger partial charge is 0.262 e. The fourth-order valence-electron chi connectivity index (χ4n) is 2.81. The maximum Gasteiger partial charge on any atom is 0.262 e. The van der Waals surface area contributed by atoms with Crippen LogP contribution in [0.4, 0.5) is 0 Å². The molecule has 1 fully saturated rings. The molecule has 1 saturated heterocycles. The molecule has 116 valence electrons. The molecule has 3 rings (SSSR count). The van der Waals surface area contributed by atoms with Gasteiger partial charge < -0.3 is 5.32 Å². The number of nitrogens with one attached hydrogen (secondary N) is 1. The van der Waals surface area contributed by atoms with Gasteiger partial charge in [-0.15, -0.1) is 0 Å². The van der Waals surface area contributed by atoms with Gasteiger partial charge in [-0.1, -0.05) is 18.7 Å². The normalized spacial score (nSPS) is 20.1. The highest BCUT2D eigenvalue weighted by Crippen LogP contribution is 2.12. The van der Waals surface area contributed by atoms with E-state index in [4.69, 9.17) is 0 Å². The number of carbonyl (C=O) groups excluding carboxylic acids is 1. The number of rotatable bonds is 4. The summed E-state index contributed by atoms with van der Waals surface area (Å²) in [6.07, 6.45) is 3.98. The molecule has 7 heteroatoms. The molecule has 6 nitrogen and oxygen atoms in total. The third kappa shape index (κ3) is 2.89. The van der Waals surface area contributed by atoms with Gasteiger partial charge in [0.2, 0.25) is 6.33 Å². The molecule has 0 aliphatic carbocycles. The molecule has 1 aliphatic heterocycles. The van der Waals surface area contributed by atoms with Crippen molar-refractivity contribution in [1.82, 2.24) is 9.88 Å². The zero-order valence-electron chi connectivity index (χ0n) is 12.1. The minimum Gasteiger partial charge on any atom is -0.349 e. The summed E-state index contributed by atoms with van der Waals surface area (Å²) in [7, 11) is -2.99. The Morgan fingerprint density at radius 3 is 2.91 bits per heavy atom. The van der Waals surface area contributed by atoms with Crippen molar-refractivity contribution in [2.75, 3.05) is 11.5 Å². The van der Waals surface area contributed by atoms with Crippen LogP contribution in [0.3, 0.4) is 0 Å². The van der Waals surface area contributed by atoms with Crippen molar-refractivity contribution in [3.05, 3.63) is 37.2 Å². The Hall–Kier alpha value is -2.15. The van der Waals surface area contributed by atoms with Crippen molar-refractivity contribution in [3.8, 4) is 0 Å². The zero-order valence-corrected chi connectivity index (χ0v) is 12.9. The van der Waals surface area contributed by atoms with Crippen molar-refractivity contribution >= 4 is 33.0 Å². The van der Waals surface area contributed by atoms with Crippen LogP contribution >= 0.6 is 0 Å². The lowest BCUT2D eigenvalue weighted by Crippen LogP contribution is -2.45. The van der Waals surface area contributed by atoms with E-state index in [1.807, 2.05) is 39.7 Å². The average molecular weight is 320 g/mol. The lowest BCUT2D eigenvalue weighted by Gasteiger charge is -2.09. The molecule has 0 unspecified atom stereocenters. The molecule has 22 heavy (non-hydrogen) atoms. The van der Waals surface area contributed by atoms with Crippen molar-refractivity contribution in [2.45, 2.75) is 19.0 Å². The number of fused-ring (bicyclic) bond motifs is 1. The molecule has 0 saturated carbocycles. The Kier molecular flexibility index (Phi) is 3.74. The van der Waals surface area contributed by atoms with E-state index >= 15 is 0 Å². The minimum atomic E-state index is -2.99. The fraction of sp³-hybridized carbons (Fsp3) is 0.333. The number of para-hydroxylation sites is 2. The molecular formula is C15H18N3O3S+. The van der Waals surface area contributed by atoms with Gasteiger partial charge in [0.15, 0.2) is 27.4 Å². The van der Waals surface area contributed by atoms with E-state index in [0.717, 1.165) is 11.0 Å². The second-order valence-electron chi connectivity index (χ2n) is 5.49. The fourth-order valence-corrected chi connectivity index (χ4v) is 4.48. The highest BCUT2D eigenvalue weighted by atomic mass is 32.2. The van der Waals surface area contributed by atoms with E-state index in [1.165, 1.54) is 0 Å². The topological polar surface area (TPSA) is 72.0 Å². The molecule has 0 bridgehead atoms. The first-order chi connectivity index (χ1) is 10.5. The number of benzene rings is 1. The maximum atomic E-state index is 12.2. The van der Waals surface area contributed by atoms with E-state index in [2.05, 4.69) is 11.9 Å². The summed E-state index contributed by atoms with van der Waals surface area (Å²) in [5.74, 6) is 0.0117. The summed E-state index contributed by atoms with van der Waals surface area (Å²) in [6, 6.07) is 7.45. The third-order valence-corrected chi connectivity index (χ3v) is 5.61. The number of hydrogen-bond donors (Lipinski definition) is 1. The van der Waals surface area contributed by atoms with Crippen LogP contribution in [0, 0.1) is 0 Å². The highest BCUT2D eigenvalue weighted by Gasteiger charge is 2.29. The lowest BCUT2D eigenvalue weighted by atomic mass is 10.2. The van der Waals surface area contributed by atoms with Crippen LogP contribution in [0.15, 0.2) is 37.2 Å². The van der Waals surface area contributed by atoms with Gasteiger partial charge in [-0.3, -0.25) is 4.79 Å². The van der Waals surface area contributed by atoms with E-state index in [1.54, 1.807) is 6.20 Å². The molecule has 0 radical (unpaired) electrons. The van der Waals surface area contributed by atoms with Crippen LogP contribution in [0.5, 0.6) is 0 Å². The summed E-state index contributed by atoms with van der Waals surface area (Å²) in [6.45, 7) is 3.91. The summed E-state index contributed by atoms with van der Waals surface area (Å²) in [5.41, 5.74) is 1.89. The second-order valence-corrected chi connectivity index (χ2v) is 7.72. The summed E-state index contributed by atoms with van der Waals surface area (Å²) >= 11 is 0. The van der Waals surface area contributed by atoms with Crippen LogP contribution in [0.25, 0.3) is 17.2 Å². The third-order valence-electron chi connectivity index (χ3n) is 3.84. The molecule has 0 spiro atoms. The number of hydrogen-bond acceptors (Lipinski definition) is 3. The Balaban J connectivity index is 1.76. The van der Waals surface area contributed by atoms with Gasteiger partial charge in [0.25, 0.3) is 5.91 Å². The SMILES string of the molecule is C=Cn1c[n+](CC(=O)N[C@@H]2CCS(=O)(=O)C2)c2ccccc21. The molecule has 2 aromatic rings. The average Bonchev–Trinajstić information content (AvgIpc) is 2.99. The molecule has 2 heterocycles. The zero-order chi connectivity index (χ0) is 15.7. The number of sulfone groups is 1. The Bertz CT molecular complexity index is 839. The predicted octanol–water partition coefficient (Wildman–Crippen LogP) is 0.333. The number of carbonyl (C=O) groups is 1. The molecule has 1 aromatic heterocycles. The van der Waals surface area contributed by atoms with E-state index in [-0.39, 0.29) is 30.0 Å². The lowest BCUT2D eigenvalue weighted by molar-refractivity contribution is -0.659. The first kappa shape index (κ1) is 14.8. The van der Waals surface area contributed by atoms with E-state index in [9.17, 15) is 13.2 Å². The van der Waals surface area contributed by atoms with Gasteiger partial charge in [0.05, 0.1) is 17.7 Å². The first-order valence-corrected chi connectivity index (χ1v) is 8.92. The largest absolute Gasteiger partial charge is 0.349 e. The summed E-state index contributed by atoms with van der Waals surface area (Å²) in [4.78, 5) is 12.2. The molecule has 1 aliphatic rings. The van der Waals surface area contributed by atoms with Gasteiger partial charge in [-0.2, -0.15) is 0 Å². The second kappa shape index (κ2) is 5.57. The van der Waals surface area contributed by atoms with Crippen LogP contribution in [-0.2, 0) is 21.2 Å². The van der Waals surface area contributed by atoms with Crippen LogP contribution in [-0.4, -0.2) is 36.4 Å². The molecular weight excluding hydrogens is 302 g/mol. The van der Waals surface area contributed by atoms with Crippen molar-refractivity contribution in [1.29, 1.82) is 0 Å². The predicted molar refractivity (Wildman–Crippen MR) is 83.7 cm³/mol. The van der Waals surface area contributed by atoms with Gasteiger partial charge in [0, 0.05) is 6.04 Å². The van der Waals surface area contributed by atoms with Gasteiger partial charge in [-0.05, 0) is 18.6 Å². The molecule has 1 atom stereocenters. The summed E-state index contributed by atoms with van der Waals surface area (Å²) < 4.78 is 26.5. The standard InChI is InChI=1S/C15H17N3O3S/c1-2-17-11-18(14-6-4-3-5-13(14)17)9-15(19)16-12-7-8-22(20,21)10-12/h2-6,11-12H,1,7-10H2/p+1/t12-/m1/s1. The molecule has 1 aromatic carbocycles. The number of imidazole rings is 1. The summed E-state index contributed by atoms with van der Waals surface area (Å²) in [5, 5.41) is 2.80. The monoisotopic (exact) mass is 320 g/mol. The minimum absolute atomic E-state index is 0.0395. The van der Waals surface area contributed by atoms with Crippen molar-refractivity contribution in [2.24, 2.45) is 0 Å². The number of amides is 1. The van der Waals surface area contributed by atoms with Crippen molar-refractivity contribution < 1.29 is 17.8 Å². The quantitative estimate of drug-likeness (QED) is 0.825. The Morgan fingerprint density at radius 2 is 2.23 bits per heavy atom. The van der Waals surface area contributed by atoms with Gasteiger partial charge in [0.1, 0.15) is 0 Å². The van der Waals surface area contributed by atoms with E-state index < -0.39 is 9.84 Å². The number of nitrogens with zero attached hydrogens (tertiary/aromatic N) is 2. The van der Waals surface area contributed by atoms with E-state index in [0.29, 0.717) is 6.42 Å². The van der Waals surface area contributed by atoms with Crippen molar-refractivity contribution in [3.63, 3.8) is 0 Å². The van der Waals surface area contributed by atoms with Gasteiger partial charge in [-0.25, -0.2) is 17.6 Å². The maximum absolute atomic E-state index is 12.2. The van der Waals surface area contributed by atoms with Crippen LogP contribution in [0.2, 0.25) is 0 Å². The Labute approximate surface area is 129 Å². The van der Waals surface area contributed by atoms with Crippen LogP contribution in [0.1, 0.15) is 6.42 Å². The van der Waals surface area contributed by atoms with Gasteiger partial charge >= 0.3 is 0 Å². The molecule has 1 N–H and O–H groups in total. The first-order valence-electron chi connectivity index (χ1n) is 7.10. The Morgan fingerprint density at radius 1 is 1.45 bits per heavy atom.